The van der Waals surface area contributed by atoms with Crippen LogP contribution in [0.15, 0.2) is 0 Å². The maximum absolute atomic E-state index is 8.56. The highest BCUT2D eigenvalue weighted by Crippen LogP contribution is 2.38. The van der Waals surface area contributed by atoms with Gasteiger partial charge < -0.3 is 4.90 Å². The molecule has 0 amide bonds. The monoisotopic (exact) mass is 272 g/mol. The first-order valence-corrected chi connectivity index (χ1v) is 6.96. The summed E-state index contributed by atoms with van der Waals surface area (Å²) in [7, 11) is 2.14. The van der Waals surface area contributed by atoms with Gasteiger partial charge in [-0.05, 0) is 25.3 Å². The van der Waals surface area contributed by atoms with Crippen molar-refractivity contribution in [3.05, 3.63) is 0 Å². The number of hydrogen-bond acceptors (Lipinski definition) is 2. The maximum atomic E-state index is 8.56. The van der Waals surface area contributed by atoms with Gasteiger partial charge in [0.15, 0.2) is 0 Å². The summed E-state index contributed by atoms with van der Waals surface area (Å²) < 4.78 is 0. The van der Waals surface area contributed by atoms with E-state index < -0.39 is 0 Å². The average molecular weight is 273 g/mol. The second-order valence-corrected chi connectivity index (χ2v) is 5.40. The van der Waals surface area contributed by atoms with Crippen LogP contribution in [0.5, 0.6) is 0 Å². The lowest BCUT2D eigenvalue weighted by Crippen LogP contribution is -2.38. The highest BCUT2D eigenvalue weighted by Gasteiger charge is 2.31. The van der Waals surface area contributed by atoms with Crippen LogP contribution in [-0.2, 0) is 0 Å². The van der Waals surface area contributed by atoms with Crippen LogP contribution in [-0.4, -0.2) is 30.4 Å². The van der Waals surface area contributed by atoms with Crippen LogP contribution in [0.4, 0.5) is 0 Å². The molecule has 0 aromatic carbocycles. The van der Waals surface area contributed by atoms with E-state index in [1.807, 2.05) is 0 Å². The molecule has 1 fully saturated rings. The van der Waals surface area contributed by atoms with Gasteiger partial charge in [0, 0.05) is 24.8 Å². The van der Waals surface area contributed by atoms with Crippen molar-refractivity contribution in [2.45, 2.75) is 38.5 Å². The zero-order valence-electron chi connectivity index (χ0n) is 9.64. The Bertz CT molecular complexity index is 216. The van der Waals surface area contributed by atoms with E-state index in [0.29, 0.717) is 11.8 Å². The van der Waals surface area contributed by atoms with E-state index in [4.69, 9.17) is 5.26 Å². The predicted molar refractivity (Wildman–Crippen MR) is 67.0 cm³/mol. The summed E-state index contributed by atoms with van der Waals surface area (Å²) in [4.78, 5) is 2.32. The Morgan fingerprint density at radius 2 is 2.00 bits per heavy atom. The summed E-state index contributed by atoms with van der Waals surface area (Å²) in [5.41, 5.74) is 0.475. The molecule has 1 rings (SSSR count). The van der Waals surface area contributed by atoms with E-state index in [1.54, 1.807) is 0 Å². The van der Waals surface area contributed by atoms with E-state index in [2.05, 4.69) is 33.9 Å². The van der Waals surface area contributed by atoms with Crippen LogP contribution >= 0.6 is 15.9 Å². The van der Waals surface area contributed by atoms with Crippen LogP contribution in [0, 0.1) is 16.7 Å². The Labute approximate surface area is 102 Å². The van der Waals surface area contributed by atoms with Crippen LogP contribution < -0.4 is 0 Å². The van der Waals surface area contributed by atoms with E-state index in [1.165, 1.54) is 32.1 Å². The molecule has 3 heteroatoms. The van der Waals surface area contributed by atoms with Crippen LogP contribution in [0.1, 0.15) is 38.5 Å². The molecule has 0 N–H and O–H groups in total. The standard InChI is InChI=1S/C12H21BrN2/c1-15(9-5-8-14)11-12(10-13)6-3-2-4-7-12/h2-7,9-11H2,1H3. The highest BCUT2D eigenvalue weighted by atomic mass is 79.9. The van der Waals surface area contributed by atoms with Crippen LogP contribution in [0.2, 0.25) is 0 Å². The fourth-order valence-corrected chi connectivity index (χ4v) is 3.27. The number of halogens is 1. The van der Waals surface area contributed by atoms with Crippen molar-refractivity contribution in [3.8, 4) is 6.07 Å². The zero-order chi connectivity index (χ0) is 11.1. The van der Waals surface area contributed by atoms with E-state index >= 15 is 0 Å². The summed E-state index contributed by atoms with van der Waals surface area (Å²) in [5, 5.41) is 9.66. The fraction of sp³-hybridized carbons (Fsp3) is 0.917. The third kappa shape index (κ3) is 4.12. The normalized spacial score (nSPS) is 20.1. The van der Waals surface area contributed by atoms with Gasteiger partial charge in [0.2, 0.25) is 0 Å². The minimum atomic E-state index is 0.475. The summed E-state index contributed by atoms with van der Waals surface area (Å²) in [6.45, 7) is 2.05. The molecule has 0 aromatic rings. The smallest absolute Gasteiger partial charge is 0.0635 e. The van der Waals surface area contributed by atoms with Crippen LogP contribution in [0.25, 0.3) is 0 Å². The van der Waals surface area contributed by atoms with Gasteiger partial charge in [-0.3, -0.25) is 0 Å². The van der Waals surface area contributed by atoms with Crippen molar-refractivity contribution in [3.63, 3.8) is 0 Å². The molecule has 0 spiro atoms. The topological polar surface area (TPSA) is 27.0 Å². The Hall–Kier alpha value is -0.0700. The molecule has 0 bridgehead atoms. The molecular weight excluding hydrogens is 252 g/mol. The molecular formula is C12H21BrN2. The van der Waals surface area contributed by atoms with Gasteiger partial charge in [-0.1, -0.05) is 35.2 Å². The average Bonchev–Trinajstić information content (AvgIpc) is 2.27. The van der Waals surface area contributed by atoms with Crippen molar-refractivity contribution in [1.82, 2.24) is 4.90 Å². The van der Waals surface area contributed by atoms with Gasteiger partial charge in [0.05, 0.1) is 6.07 Å². The molecule has 0 aromatic heterocycles. The number of nitriles is 1. The minimum absolute atomic E-state index is 0.475. The molecule has 0 aliphatic heterocycles. The van der Waals surface area contributed by atoms with Crippen molar-refractivity contribution in [2.75, 3.05) is 25.5 Å². The number of rotatable bonds is 5. The summed E-state index contributed by atoms with van der Waals surface area (Å²) in [5.74, 6) is 0. The molecule has 0 radical (unpaired) electrons. The predicted octanol–water partition coefficient (Wildman–Crippen LogP) is 3.18. The minimum Gasteiger partial charge on any atom is -0.305 e. The molecule has 86 valence electrons. The van der Waals surface area contributed by atoms with Crippen molar-refractivity contribution in [2.24, 2.45) is 5.41 Å². The van der Waals surface area contributed by atoms with Crippen molar-refractivity contribution >= 4 is 15.9 Å². The summed E-state index contributed by atoms with van der Waals surface area (Å²) >= 11 is 3.67. The first kappa shape index (κ1) is 13.0. The largest absolute Gasteiger partial charge is 0.305 e. The molecule has 15 heavy (non-hydrogen) atoms. The molecule has 0 saturated heterocycles. The second-order valence-electron chi connectivity index (χ2n) is 4.84. The Balaban J connectivity index is 2.41. The van der Waals surface area contributed by atoms with Gasteiger partial charge >= 0.3 is 0 Å². The lowest BCUT2D eigenvalue weighted by Gasteiger charge is -2.38. The number of hydrogen-bond donors (Lipinski definition) is 0. The molecule has 0 heterocycles. The van der Waals surface area contributed by atoms with E-state index in [0.717, 1.165) is 18.4 Å². The first-order valence-electron chi connectivity index (χ1n) is 5.84. The van der Waals surface area contributed by atoms with Crippen molar-refractivity contribution < 1.29 is 0 Å². The third-order valence-corrected chi connectivity index (χ3v) is 4.60. The molecule has 1 saturated carbocycles. The lowest BCUT2D eigenvalue weighted by atomic mass is 9.75. The third-order valence-electron chi connectivity index (χ3n) is 3.41. The van der Waals surface area contributed by atoms with Gasteiger partial charge in [-0.15, -0.1) is 0 Å². The SMILES string of the molecule is CN(CCC#N)CC1(CBr)CCCCC1. The van der Waals surface area contributed by atoms with Gasteiger partial charge in [0.1, 0.15) is 0 Å². The van der Waals surface area contributed by atoms with Crippen molar-refractivity contribution in [1.29, 1.82) is 5.26 Å². The van der Waals surface area contributed by atoms with E-state index in [-0.39, 0.29) is 0 Å². The van der Waals surface area contributed by atoms with Gasteiger partial charge in [-0.2, -0.15) is 5.26 Å². The van der Waals surface area contributed by atoms with E-state index in [9.17, 15) is 0 Å². The Morgan fingerprint density at radius 3 is 2.53 bits per heavy atom. The van der Waals surface area contributed by atoms with Crippen LogP contribution in [0.3, 0.4) is 0 Å². The maximum Gasteiger partial charge on any atom is 0.0635 e. The van der Waals surface area contributed by atoms with Gasteiger partial charge in [-0.25, -0.2) is 0 Å². The number of alkyl halides is 1. The number of nitrogens with zero attached hydrogens (tertiary/aromatic N) is 2. The highest BCUT2D eigenvalue weighted by molar-refractivity contribution is 9.09. The second kappa shape index (κ2) is 6.50. The quantitative estimate of drug-likeness (QED) is 0.719. The molecule has 1 aliphatic rings. The Morgan fingerprint density at radius 1 is 1.33 bits per heavy atom. The summed E-state index contributed by atoms with van der Waals surface area (Å²) in [6.07, 6.45) is 7.48. The molecule has 0 unspecified atom stereocenters. The lowest BCUT2D eigenvalue weighted by molar-refractivity contribution is 0.147. The molecule has 2 nitrogen and oxygen atoms in total. The van der Waals surface area contributed by atoms with Gasteiger partial charge in [0.25, 0.3) is 0 Å². The molecule has 1 aliphatic carbocycles. The summed E-state index contributed by atoms with van der Waals surface area (Å²) in [6, 6.07) is 2.21. The fourth-order valence-electron chi connectivity index (χ4n) is 2.53. The zero-order valence-corrected chi connectivity index (χ0v) is 11.2. The molecule has 0 atom stereocenters. The Kier molecular flexibility index (Phi) is 5.63. The first-order chi connectivity index (χ1) is 7.22.